The standard InChI is InChI=1S/C18H20BrNO/c1-12(15-5-3-4-6-18(15)21-2)20-17-10-7-13-11-14(19)8-9-16(13)17/h3-6,8-9,11-12,17,20H,7,10H2,1-2H3/t12-,17?/m1/s1. The average molecular weight is 346 g/mol. The summed E-state index contributed by atoms with van der Waals surface area (Å²) in [6, 6.07) is 15.5. The fraction of sp³-hybridized carbons (Fsp3) is 0.333. The van der Waals surface area contributed by atoms with Crippen molar-refractivity contribution < 1.29 is 4.74 Å². The van der Waals surface area contributed by atoms with Gasteiger partial charge in [-0.2, -0.15) is 0 Å². The molecule has 21 heavy (non-hydrogen) atoms. The molecule has 0 spiro atoms. The largest absolute Gasteiger partial charge is 0.496 e. The third kappa shape index (κ3) is 2.99. The highest BCUT2D eigenvalue weighted by Crippen LogP contribution is 2.35. The summed E-state index contributed by atoms with van der Waals surface area (Å²) in [6.45, 7) is 2.20. The molecule has 2 nitrogen and oxygen atoms in total. The Morgan fingerprint density at radius 2 is 2.05 bits per heavy atom. The molecule has 2 aromatic carbocycles. The Kier molecular flexibility index (Phi) is 4.32. The second-order valence-electron chi connectivity index (χ2n) is 5.56. The van der Waals surface area contributed by atoms with E-state index in [9.17, 15) is 0 Å². The van der Waals surface area contributed by atoms with Crippen LogP contribution in [0.5, 0.6) is 5.75 Å². The molecule has 0 amide bonds. The van der Waals surface area contributed by atoms with Crippen LogP contribution in [0.2, 0.25) is 0 Å². The van der Waals surface area contributed by atoms with E-state index < -0.39 is 0 Å². The normalized spacial score (nSPS) is 18.3. The molecule has 0 radical (unpaired) electrons. The smallest absolute Gasteiger partial charge is 0.123 e. The number of hydrogen-bond donors (Lipinski definition) is 1. The van der Waals surface area contributed by atoms with Crippen LogP contribution in [0.25, 0.3) is 0 Å². The predicted octanol–water partition coefficient (Wildman–Crippen LogP) is 4.80. The summed E-state index contributed by atoms with van der Waals surface area (Å²) < 4.78 is 6.64. The lowest BCUT2D eigenvalue weighted by Gasteiger charge is -2.22. The summed E-state index contributed by atoms with van der Waals surface area (Å²) in [5.74, 6) is 0.950. The van der Waals surface area contributed by atoms with Crippen LogP contribution in [0.3, 0.4) is 0 Å². The van der Waals surface area contributed by atoms with Crippen LogP contribution in [0, 0.1) is 0 Å². The first-order chi connectivity index (χ1) is 10.2. The number of benzene rings is 2. The number of ether oxygens (including phenoxy) is 1. The lowest BCUT2D eigenvalue weighted by Crippen LogP contribution is -2.23. The number of methoxy groups -OCH3 is 1. The fourth-order valence-corrected chi connectivity index (χ4v) is 3.58. The molecule has 1 aliphatic carbocycles. The molecule has 2 atom stereocenters. The molecule has 0 saturated carbocycles. The minimum absolute atomic E-state index is 0.265. The van der Waals surface area contributed by atoms with Gasteiger partial charge in [0.05, 0.1) is 7.11 Å². The first-order valence-corrected chi connectivity index (χ1v) is 8.15. The summed E-state index contributed by atoms with van der Waals surface area (Å²) in [5.41, 5.74) is 4.10. The van der Waals surface area contributed by atoms with Crippen LogP contribution < -0.4 is 10.1 Å². The number of rotatable bonds is 4. The maximum atomic E-state index is 5.47. The van der Waals surface area contributed by atoms with Gasteiger partial charge in [0.2, 0.25) is 0 Å². The molecule has 1 aliphatic rings. The highest BCUT2D eigenvalue weighted by atomic mass is 79.9. The zero-order valence-electron chi connectivity index (χ0n) is 12.4. The van der Waals surface area contributed by atoms with Gasteiger partial charge in [-0.1, -0.05) is 40.2 Å². The van der Waals surface area contributed by atoms with Crippen molar-refractivity contribution in [3.05, 3.63) is 63.6 Å². The highest BCUT2D eigenvalue weighted by molar-refractivity contribution is 9.10. The van der Waals surface area contributed by atoms with E-state index in [4.69, 9.17) is 4.74 Å². The topological polar surface area (TPSA) is 21.3 Å². The second-order valence-corrected chi connectivity index (χ2v) is 6.48. The van der Waals surface area contributed by atoms with E-state index >= 15 is 0 Å². The molecule has 0 heterocycles. The van der Waals surface area contributed by atoms with E-state index in [1.165, 1.54) is 21.2 Å². The Balaban J connectivity index is 1.79. The predicted molar refractivity (Wildman–Crippen MR) is 89.7 cm³/mol. The minimum atomic E-state index is 0.265. The Bertz CT molecular complexity index is 641. The molecule has 3 rings (SSSR count). The highest BCUT2D eigenvalue weighted by Gasteiger charge is 2.24. The number of hydrogen-bond acceptors (Lipinski definition) is 2. The third-order valence-corrected chi connectivity index (χ3v) is 4.73. The summed E-state index contributed by atoms with van der Waals surface area (Å²) in [7, 11) is 1.73. The maximum Gasteiger partial charge on any atom is 0.123 e. The van der Waals surface area contributed by atoms with Crippen LogP contribution >= 0.6 is 15.9 Å². The molecule has 0 aliphatic heterocycles. The van der Waals surface area contributed by atoms with Gasteiger partial charge < -0.3 is 10.1 Å². The van der Waals surface area contributed by atoms with Crippen molar-refractivity contribution in [1.82, 2.24) is 5.32 Å². The van der Waals surface area contributed by atoms with Crippen LogP contribution in [-0.2, 0) is 6.42 Å². The molecule has 3 heteroatoms. The molecule has 0 bridgehead atoms. The van der Waals surface area contributed by atoms with Gasteiger partial charge in [-0.05, 0) is 49.1 Å². The Hall–Kier alpha value is -1.32. The van der Waals surface area contributed by atoms with Gasteiger partial charge in [0, 0.05) is 22.1 Å². The number of aryl methyl sites for hydroxylation is 1. The summed E-state index contributed by atoms with van der Waals surface area (Å²) in [5, 5.41) is 3.75. The van der Waals surface area contributed by atoms with Crippen LogP contribution in [0.15, 0.2) is 46.9 Å². The summed E-state index contributed by atoms with van der Waals surface area (Å²) >= 11 is 3.55. The zero-order chi connectivity index (χ0) is 14.8. The number of nitrogens with one attached hydrogen (secondary N) is 1. The lowest BCUT2D eigenvalue weighted by molar-refractivity contribution is 0.393. The lowest BCUT2D eigenvalue weighted by atomic mass is 10.0. The van der Waals surface area contributed by atoms with Gasteiger partial charge in [-0.15, -0.1) is 0 Å². The van der Waals surface area contributed by atoms with Crippen LogP contribution in [0.1, 0.15) is 42.1 Å². The zero-order valence-corrected chi connectivity index (χ0v) is 14.0. The van der Waals surface area contributed by atoms with Crippen LogP contribution in [-0.4, -0.2) is 7.11 Å². The second kappa shape index (κ2) is 6.20. The van der Waals surface area contributed by atoms with E-state index in [0.717, 1.165) is 18.6 Å². The molecule has 2 aromatic rings. The van der Waals surface area contributed by atoms with Crippen molar-refractivity contribution in [2.45, 2.75) is 31.8 Å². The average Bonchev–Trinajstić information content (AvgIpc) is 2.89. The first-order valence-electron chi connectivity index (χ1n) is 7.36. The first kappa shape index (κ1) is 14.6. The molecule has 110 valence electrons. The molecular formula is C18H20BrNO. The van der Waals surface area contributed by atoms with Gasteiger partial charge >= 0.3 is 0 Å². The van der Waals surface area contributed by atoms with E-state index in [-0.39, 0.29) is 6.04 Å². The number of para-hydroxylation sites is 1. The number of halogens is 1. The minimum Gasteiger partial charge on any atom is -0.496 e. The van der Waals surface area contributed by atoms with Crippen molar-refractivity contribution in [2.75, 3.05) is 7.11 Å². The number of fused-ring (bicyclic) bond motifs is 1. The monoisotopic (exact) mass is 345 g/mol. The Labute approximate surface area is 134 Å². The van der Waals surface area contributed by atoms with Crippen molar-refractivity contribution in [3.63, 3.8) is 0 Å². The molecule has 0 aromatic heterocycles. The quantitative estimate of drug-likeness (QED) is 0.859. The van der Waals surface area contributed by atoms with Gasteiger partial charge in [0.15, 0.2) is 0 Å². The summed E-state index contributed by atoms with van der Waals surface area (Å²) in [4.78, 5) is 0. The van der Waals surface area contributed by atoms with E-state index in [1.807, 2.05) is 12.1 Å². The van der Waals surface area contributed by atoms with Gasteiger partial charge in [-0.3, -0.25) is 0 Å². The molecule has 0 saturated heterocycles. The fourth-order valence-electron chi connectivity index (χ4n) is 3.17. The van der Waals surface area contributed by atoms with Gasteiger partial charge in [0.25, 0.3) is 0 Å². The maximum absolute atomic E-state index is 5.47. The van der Waals surface area contributed by atoms with Gasteiger partial charge in [0.1, 0.15) is 5.75 Å². The van der Waals surface area contributed by atoms with Crippen molar-refractivity contribution >= 4 is 15.9 Å². The van der Waals surface area contributed by atoms with Crippen molar-refractivity contribution in [1.29, 1.82) is 0 Å². The molecule has 0 fully saturated rings. The molecule has 1 N–H and O–H groups in total. The SMILES string of the molecule is COc1ccccc1[C@@H](C)NC1CCc2cc(Br)ccc21. The van der Waals surface area contributed by atoms with Gasteiger partial charge in [-0.25, -0.2) is 0 Å². The van der Waals surface area contributed by atoms with Crippen molar-refractivity contribution in [2.24, 2.45) is 0 Å². The van der Waals surface area contributed by atoms with Crippen molar-refractivity contribution in [3.8, 4) is 5.75 Å². The Morgan fingerprint density at radius 1 is 1.24 bits per heavy atom. The Morgan fingerprint density at radius 3 is 2.86 bits per heavy atom. The van der Waals surface area contributed by atoms with E-state index in [1.54, 1.807) is 7.11 Å². The molecule has 1 unspecified atom stereocenters. The molecular weight excluding hydrogens is 326 g/mol. The van der Waals surface area contributed by atoms with E-state index in [2.05, 4.69) is 58.5 Å². The van der Waals surface area contributed by atoms with E-state index in [0.29, 0.717) is 6.04 Å². The third-order valence-electron chi connectivity index (χ3n) is 4.24. The summed E-state index contributed by atoms with van der Waals surface area (Å²) in [6.07, 6.45) is 2.30. The van der Waals surface area contributed by atoms with Crippen LogP contribution in [0.4, 0.5) is 0 Å².